The number of para-hydroxylation sites is 1. The van der Waals surface area contributed by atoms with E-state index in [0.717, 1.165) is 17.6 Å². The van der Waals surface area contributed by atoms with Crippen LogP contribution in [0.4, 0.5) is 10.5 Å². The quantitative estimate of drug-likeness (QED) is 0.313. The third-order valence-corrected chi connectivity index (χ3v) is 6.83. The number of quaternary nitrogens is 1. The summed E-state index contributed by atoms with van der Waals surface area (Å²) in [6.45, 7) is 3.60. The van der Waals surface area contributed by atoms with Gasteiger partial charge in [-0.25, -0.2) is 4.79 Å². The number of piperazine rings is 1. The minimum atomic E-state index is -0.200. The fourth-order valence-electron chi connectivity index (χ4n) is 4.84. The zero-order valence-corrected chi connectivity index (χ0v) is 18.5. The topological polar surface area (TPSA) is 29.5 Å². The van der Waals surface area contributed by atoms with Gasteiger partial charge in [-0.15, -0.1) is 0 Å². The third kappa shape index (κ3) is 3.94. The minimum absolute atomic E-state index is 0.200. The molecule has 1 aliphatic rings. The molecule has 0 saturated carbocycles. The molecule has 0 aliphatic carbocycles. The van der Waals surface area contributed by atoms with Crippen LogP contribution in [0.15, 0.2) is 84.9 Å². The molecule has 4 heteroatoms. The number of hydrogen-bond donors (Lipinski definition) is 0. The Morgan fingerprint density at radius 2 is 1.41 bits per heavy atom. The van der Waals surface area contributed by atoms with Crippen molar-refractivity contribution in [1.82, 2.24) is 9.38 Å². The van der Waals surface area contributed by atoms with Crippen molar-refractivity contribution in [3.63, 3.8) is 0 Å². The normalized spacial score (nSPS) is 15.7. The number of hydrogen-bond acceptors (Lipinski definition) is 2. The average Bonchev–Trinajstić information content (AvgIpc) is 2.84. The van der Waals surface area contributed by atoms with Gasteiger partial charge in [0.1, 0.15) is 18.8 Å². The Kier molecular flexibility index (Phi) is 5.54. The number of likely N-dealkylation sites (N-methyl/N-ethyl adjacent to an activating group) is 1. The largest absolute Gasteiger partial charge is 0.449 e. The van der Waals surface area contributed by atoms with Gasteiger partial charge in [-0.3, -0.25) is 9.38 Å². The molecule has 0 radical (unpaired) electrons. The lowest BCUT2D eigenvalue weighted by molar-refractivity contribution is 0.0835. The maximum absolute atomic E-state index is 12.8. The highest BCUT2D eigenvalue weighted by Gasteiger charge is 2.33. The summed E-state index contributed by atoms with van der Waals surface area (Å²) in [7, 11) is 2.24. The maximum Gasteiger partial charge on any atom is 0.410 e. The Balaban J connectivity index is 1.25. The van der Waals surface area contributed by atoms with Crippen molar-refractivity contribution in [2.75, 3.05) is 39.8 Å². The Hall–Kier alpha value is -3.37. The molecule has 32 heavy (non-hydrogen) atoms. The second kappa shape index (κ2) is 8.64. The lowest BCUT2D eigenvalue weighted by Crippen LogP contribution is -2.59. The van der Waals surface area contributed by atoms with Gasteiger partial charge in [0.2, 0.25) is 0 Å². The van der Waals surface area contributed by atoms with Gasteiger partial charge < -0.3 is 4.74 Å². The van der Waals surface area contributed by atoms with E-state index < -0.39 is 0 Å². The van der Waals surface area contributed by atoms with Crippen LogP contribution >= 0.6 is 0 Å². The van der Waals surface area contributed by atoms with Crippen molar-refractivity contribution >= 4 is 33.3 Å². The van der Waals surface area contributed by atoms with Crippen LogP contribution in [0.25, 0.3) is 21.5 Å². The number of amides is 1. The number of carbonyl (C=O) groups excluding carboxylic acids is 1. The number of benzene rings is 4. The van der Waals surface area contributed by atoms with E-state index in [1.165, 1.54) is 32.8 Å². The first kappa shape index (κ1) is 20.5. The van der Waals surface area contributed by atoms with E-state index in [0.29, 0.717) is 26.1 Å². The van der Waals surface area contributed by atoms with E-state index >= 15 is 0 Å². The number of fused-ring (bicyclic) bond motifs is 2. The molecule has 4 aromatic rings. The van der Waals surface area contributed by atoms with Crippen LogP contribution in [0.3, 0.4) is 0 Å². The van der Waals surface area contributed by atoms with Gasteiger partial charge in [-0.2, -0.15) is 0 Å². The predicted molar refractivity (Wildman–Crippen MR) is 132 cm³/mol. The summed E-state index contributed by atoms with van der Waals surface area (Å²) in [6.07, 6.45) is 0.507. The van der Waals surface area contributed by atoms with Crippen molar-refractivity contribution in [2.45, 2.75) is 6.42 Å². The van der Waals surface area contributed by atoms with Crippen LogP contribution in [-0.2, 0) is 11.2 Å². The summed E-state index contributed by atoms with van der Waals surface area (Å²) in [5.74, 6) is 0. The van der Waals surface area contributed by atoms with E-state index in [2.05, 4.69) is 85.9 Å². The summed E-state index contributed by atoms with van der Waals surface area (Å²) in [6, 6.07) is 29.7. The molecule has 1 heterocycles. The first-order chi connectivity index (χ1) is 15.6. The molecule has 0 N–H and O–H groups in total. The zero-order valence-electron chi connectivity index (χ0n) is 18.5. The van der Waals surface area contributed by atoms with E-state index in [1.807, 2.05) is 11.0 Å². The van der Waals surface area contributed by atoms with Gasteiger partial charge in [0, 0.05) is 6.42 Å². The Morgan fingerprint density at radius 3 is 2.03 bits per heavy atom. The highest BCUT2D eigenvalue weighted by atomic mass is 16.6. The van der Waals surface area contributed by atoms with Crippen molar-refractivity contribution in [2.24, 2.45) is 0 Å². The zero-order chi connectivity index (χ0) is 22.0. The van der Waals surface area contributed by atoms with Crippen LogP contribution in [0.1, 0.15) is 5.56 Å². The smallest absolute Gasteiger partial charge is 0.410 e. The molecule has 0 bridgehead atoms. The molecule has 0 spiro atoms. The number of rotatable bonds is 4. The molecule has 1 fully saturated rings. The van der Waals surface area contributed by atoms with E-state index in [9.17, 15) is 4.79 Å². The van der Waals surface area contributed by atoms with Crippen LogP contribution in [0.5, 0.6) is 0 Å². The summed E-state index contributed by atoms with van der Waals surface area (Å²) >= 11 is 0. The molecule has 0 aromatic heterocycles. The van der Waals surface area contributed by atoms with Gasteiger partial charge in [0.05, 0.1) is 26.7 Å². The summed E-state index contributed by atoms with van der Waals surface area (Å²) in [4.78, 5) is 14.6. The lowest BCUT2D eigenvalue weighted by atomic mass is 9.95. The van der Waals surface area contributed by atoms with E-state index in [1.54, 1.807) is 0 Å². The lowest BCUT2D eigenvalue weighted by Gasteiger charge is -2.41. The Labute approximate surface area is 189 Å². The van der Waals surface area contributed by atoms with Gasteiger partial charge in [-0.05, 0) is 45.3 Å². The monoisotopic (exact) mass is 425 g/mol. The first-order valence-electron chi connectivity index (χ1n) is 11.4. The molecular formula is C28H29N2O2+. The second-order valence-corrected chi connectivity index (χ2v) is 8.83. The van der Waals surface area contributed by atoms with Crippen LogP contribution in [0, 0.1) is 0 Å². The number of ether oxygens (including phenoxy) is 1. The SMILES string of the molecule is C[N+]1(c2ccccc2)CCN(C(=O)OCCc2c3ccccc3cc3ccccc23)CC1. The molecule has 4 nitrogen and oxygen atoms in total. The highest BCUT2D eigenvalue weighted by molar-refractivity contribution is 6.02. The number of nitrogens with zero attached hydrogens (tertiary/aromatic N) is 2. The van der Waals surface area contributed by atoms with Gasteiger partial charge in [0.15, 0.2) is 0 Å². The van der Waals surface area contributed by atoms with E-state index in [-0.39, 0.29) is 6.09 Å². The van der Waals surface area contributed by atoms with E-state index in [4.69, 9.17) is 4.74 Å². The van der Waals surface area contributed by atoms with Gasteiger partial charge in [0.25, 0.3) is 0 Å². The van der Waals surface area contributed by atoms with Crippen molar-refractivity contribution < 1.29 is 9.53 Å². The molecule has 1 amide bonds. The van der Waals surface area contributed by atoms with Crippen LogP contribution in [-0.4, -0.2) is 50.8 Å². The van der Waals surface area contributed by atoms with Crippen molar-refractivity contribution in [3.05, 3.63) is 90.5 Å². The Morgan fingerprint density at radius 1 is 0.844 bits per heavy atom. The average molecular weight is 426 g/mol. The Bertz CT molecular complexity index is 1190. The third-order valence-electron chi connectivity index (χ3n) is 6.83. The number of carbonyl (C=O) groups is 1. The standard InChI is InChI=1S/C28H29N2O2/c1-30(24-11-3-2-4-12-24)18-16-29(17-19-30)28(31)32-20-15-27-25-13-7-5-9-22(25)21-23-10-6-8-14-26(23)27/h2-14,21H,15-20H2,1H3/q+1. The minimum Gasteiger partial charge on any atom is -0.449 e. The first-order valence-corrected chi connectivity index (χ1v) is 11.4. The second-order valence-electron chi connectivity index (χ2n) is 8.83. The maximum atomic E-state index is 12.8. The fourth-order valence-corrected chi connectivity index (χ4v) is 4.84. The molecule has 0 unspecified atom stereocenters. The molecule has 162 valence electrons. The van der Waals surface area contributed by atoms with Crippen molar-refractivity contribution in [3.8, 4) is 0 Å². The summed E-state index contributed by atoms with van der Waals surface area (Å²) in [5, 5.41) is 4.91. The van der Waals surface area contributed by atoms with Gasteiger partial charge in [-0.1, -0.05) is 66.7 Å². The van der Waals surface area contributed by atoms with Crippen LogP contribution < -0.4 is 4.48 Å². The molecule has 5 rings (SSSR count). The summed E-state index contributed by atoms with van der Waals surface area (Å²) in [5.41, 5.74) is 2.54. The predicted octanol–water partition coefficient (Wildman–Crippen LogP) is 5.63. The molecule has 0 atom stereocenters. The molecule has 1 saturated heterocycles. The van der Waals surface area contributed by atoms with Crippen LogP contribution in [0.2, 0.25) is 0 Å². The van der Waals surface area contributed by atoms with Crippen molar-refractivity contribution in [1.29, 1.82) is 0 Å². The summed E-state index contributed by atoms with van der Waals surface area (Å²) < 4.78 is 6.59. The highest BCUT2D eigenvalue weighted by Crippen LogP contribution is 2.29. The molecule has 1 aliphatic heterocycles. The fraction of sp³-hybridized carbons (Fsp3) is 0.250. The van der Waals surface area contributed by atoms with Gasteiger partial charge >= 0.3 is 6.09 Å². The molecular weight excluding hydrogens is 396 g/mol. The molecule has 4 aromatic carbocycles.